The van der Waals surface area contributed by atoms with Crippen LogP contribution in [0.1, 0.15) is 36.0 Å². The minimum Gasteiger partial charge on any atom is -0.481 e. The van der Waals surface area contributed by atoms with Gasteiger partial charge in [-0.05, 0) is 29.2 Å². The van der Waals surface area contributed by atoms with E-state index in [2.05, 4.69) is 6.08 Å². The summed E-state index contributed by atoms with van der Waals surface area (Å²) in [6, 6.07) is 15.8. The van der Waals surface area contributed by atoms with Crippen molar-refractivity contribution in [2.45, 2.75) is 25.8 Å². The Labute approximate surface area is 141 Å². The molecule has 0 bridgehead atoms. The van der Waals surface area contributed by atoms with E-state index in [-0.39, 0.29) is 18.7 Å². The maximum absolute atomic E-state index is 12.7. The molecule has 0 fully saturated rings. The fourth-order valence-corrected chi connectivity index (χ4v) is 2.90. The summed E-state index contributed by atoms with van der Waals surface area (Å²) >= 11 is 0. The van der Waals surface area contributed by atoms with Crippen molar-refractivity contribution in [2.75, 3.05) is 4.90 Å². The smallest absolute Gasteiger partial charge is 0.303 e. The van der Waals surface area contributed by atoms with E-state index in [1.165, 1.54) is 0 Å². The summed E-state index contributed by atoms with van der Waals surface area (Å²) in [4.78, 5) is 25.2. The van der Waals surface area contributed by atoms with Crippen molar-refractivity contribution in [1.29, 1.82) is 0 Å². The molecule has 122 valence electrons. The molecule has 0 aliphatic carbocycles. The van der Waals surface area contributed by atoms with Gasteiger partial charge in [-0.3, -0.25) is 9.59 Å². The minimum atomic E-state index is -0.871. The van der Waals surface area contributed by atoms with E-state index in [1.807, 2.05) is 54.6 Å². The number of para-hydroxylation sites is 1. The summed E-state index contributed by atoms with van der Waals surface area (Å²) in [7, 11) is 0. The lowest BCUT2D eigenvalue weighted by Crippen LogP contribution is -2.31. The van der Waals surface area contributed by atoms with Gasteiger partial charge in [-0.2, -0.15) is 0 Å². The first-order chi connectivity index (χ1) is 11.6. The highest BCUT2D eigenvalue weighted by Crippen LogP contribution is 2.29. The summed E-state index contributed by atoms with van der Waals surface area (Å²) in [5.74, 6) is -0.919. The third-order valence-electron chi connectivity index (χ3n) is 4.14. The number of carboxylic acid groups (broad SMARTS) is 1. The lowest BCUT2D eigenvalue weighted by Gasteiger charge is -2.27. The fourth-order valence-electron chi connectivity index (χ4n) is 2.90. The normalized spacial score (nSPS) is 12.8. The number of hydrogen-bond acceptors (Lipinski definition) is 2. The molecule has 1 N–H and O–H groups in total. The number of rotatable bonds is 4. The molecular weight excluding hydrogens is 302 g/mol. The summed E-state index contributed by atoms with van der Waals surface area (Å²) in [5, 5.41) is 8.77. The number of anilines is 1. The summed E-state index contributed by atoms with van der Waals surface area (Å²) in [6.07, 6.45) is 4.68. The van der Waals surface area contributed by atoms with Crippen LogP contribution in [0.2, 0.25) is 0 Å². The molecule has 0 unspecified atom stereocenters. The molecule has 1 aliphatic rings. The molecule has 0 aromatic heterocycles. The van der Waals surface area contributed by atoms with E-state index >= 15 is 0 Å². The van der Waals surface area contributed by atoms with Crippen LogP contribution in [0.4, 0.5) is 5.69 Å². The average molecular weight is 321 g/mol. The Hall–Kier alpha value is -2.88. The quantitative estimate of drug-likeness (QED) is 0.927. The van der Waals surface area contributed by atoms with Crippen LogP contribution in [0.3, 0.4) is 0 Å². The predicted octanol–water partition coefficient (Wildman–Crippen LogP) is 3.96. The maximum Gasteiger partial charge on any atom is 0.303 e. The van der Waals surface area contributed by atoms with Crippen LogP contribution in [-0.4, -0.2) is 17.0 Å². The zero-order valence-corrected chi connectivity index (χ0v) is 13.3. The summed E-state index contributed by atoms with van der Waals surface area (Å²) in [6.45, 7) is 0.490. The minimum absolute atomic E-state index is 0.0116. The molecule has 2 aromatic carbocycles. The van der Waals surface area contributed by atoms with Gasteiger partial charge in [0.25, 0.3) is 0 Å². The number of nitrogens with zero attached hydrogens (tertiary/aromatic N) is 1. The first kappa shape index (κ1) is 16.0. The monoisotopic (exact) mass is 321 g/mol. The molecular formula is C20H19NO3. The summed E-state index contributed by atoms with van der Waals surface area (Å²) in [5.41, 5.74) is 4.02. The highest BCUT2D eigenvalue weighted by molar-refractivity contribution is 5.97. The molecule has 0 atom stereocenters. The van der Waals surface area contributed by atoms with Gasteiger partial charge in [0.15, 0.2) is 0 Å². The molecule has 0 spiro atoms. The maximum atomic E-state index is 12.7. The van der Waals surface area contributed by atoms with Crippen molar-refractivity contribution in [1.82, 2.24) is 0 Å². The van der Waals surface area contributed by atoms with Crippen LogP contribution in [-0.2, 0) is 16.1 Å². The second-order valence-corrected chi connectivity index (χ2v) is 5.82. The molecule has 24 heavy (non-hydrogen) atoms. The van der Waals surface area contributed by atoms with Crippen molar-refractivity contribution in [2.24, 2.45) is 0 Å². The van der Waals surface area contributed by atoms with Gasteiger partial charge in [-0.15, -0.1) is 0 Å². The second-order valence-electron chi connectivity index (χ2n) is 5.82. The molecule has 0 saturated heterocycles. The van der Waals surface area contributed by atoms with Crippen LogP contribution in [0, 0.1) is 0 Å². The number of benzene rings is 2. The Morgan fingerprint density at radius 1 is 0.917 bits per heavy atom. The SMILES string of the molecule is O=C(O)CCCC(=O)N1Cc2ccccc2C=Cc2ccccc21. The molecule has 1 amide bonds. The van der Waals surface area contributed by atoms with Crippen LogP contribution >= 0.6 is 0 Å². The summed E-state index contributed by atoms with van der Waals surface area (Å²) < 4.78 is 0. The van der Waals surface area contributed by atoms with E-state index in [0.29, 0.717) is 13.0 Å². The second kappa shape index (κ2) is 7.13. The number of fused-ring (bicyclic) bond motifs is 2. The van der Waals surface area contributed by atoms with E-state index in [9.17, 15) is 9.59 Å². The van der Waals surface area contributed by atoms with Gasteiger partial charge in [0, 0.05) is 12.8 Å². The lowest BCUT2D eigenvalue weighted by atomic mass is 10.0. The fraction of sp³-hybridized carbons (Fsp3) is 0.200. The Morgan fingerprint density at radius 2 is 1.58 bits per heavy atom. The van der Waals surface area contributed by atoms with E-state index in [1.54, 1.807) is 4.90 Å². The Kier molecular flexibility index (Phi) is 4.75. The van der Waals surface area contributed by atoms with Gasteiger partial charge in [0.05, 0.1) is 12.2 Å². The molecule has 0 saturated carbocycles. The molecule has 4 heteroatoms. The van der Waals surface area contributed by atoms with Crippen molar-refractivity contribution in [3.05, 3.63) is 65.2 Å². The van der Waals surface area contributed by atoms with Crippen molar-refractivity contribution in [3.63, 3.8) is 0 Å². The highest BCUT2D eigenvalue weighted by Gasteiger charge is 2.20. The number of amides is 1. The largest absolute Gasteiger partial charge is 0.481 e. The molecule has 0 radical (unpaired) electrons. The van der Waals surface area contributed by atoms with Gasteiger partial charge >= 0.3 is 5.97 Å². The number of hydrogen-bond donors (Lipinski definition) is 1. The van der Waals surface area contributed by atoms with Crippen LogP contribution in [0.25, 0.3) is 12.2 Å². The number of carbonyl (C=O) groups excluding carboxylic acids is 1. The van der Waals surface area contributed by atoms with Gasteiger partial charge in [0.1, 0.15) is 0 Å². The van der Waals surface area contributed by atoms with Gasteiger partial charge in [0.2, 0.25) is 5.91 Å². The van der Waals surface area contributed by atoms with Gasteiger partial charge in [-0.1, -0.05) is 54.6 Å². The van der Waals surface area contributed by atoms with E-state index < -0.39 is 5.97 Å². The van der Waals surface area contributed by atoms with Crippen LogP contribution in [0.15, 0.2) is 48.5 Å². The van der Waals surface area contributed by atoms with Crippen LogP contribution in [0.5, 0.6) is 0 Å². The number of carbonyl (C=O) groups is 2. The van der Waals surface area contributed by atoms with E-state index in [0.717, 1.165) is 22.4 Å². The Balaban J connectivity index is 1.93. The first-order valence-electron chi connectivity index (χ1n) is 8.02. The van der Waals surface area contributed by atoms with Crippen molar-refractivity contribution in [3.8, 4) is 0 Å². The van der Waals surface area contributed by atoms with Gasteiger partial charge < -0.3 is 10.0 Å². The zero-order chi connectivity index (χ0) is 16.9. The average Bonchev–Trinajstić information content (AvgIpc) is 2.56. The van der Waals surface area contributed by atoms with Crippen molar-refractivity contribution >= 4 is 29.7 Å². The number of carboxylic acids is 1. The molecule has 3 rings (SSSR count). The Bertz CT molecular complexity index is 795. The predicted molar refractivity (Wildman–Crippen MR) is 94.5 cm³/mol. The molecule has 1 aliphatic heterocycles. The van der Waals surface area contributed by atoms with Crippen molar-refractivity contribution < 1.29 is 14.7 Å². The highest BCUT2D eigenvalue weighted by atomic mass is 16.4. The topological polar surface area (TPSA) is 57.6 Å². The zero-order valence-electron chi connectivity index (χ0n) is 13.3. The molecule has 4 nitrogen and oxygen atoms in total. The third-order valence-corrected chi connectivity index (χ3v) is 4.14. The molecule has 2 aromatic rings. The Morgan fingerprint density at radius 3 is 2.38 bits per heavy atom. The lowest BCUT2D eigenvalue weighted by molar-refractivity contribution is -0.137. The number of aliphatic carboxylic acids is 1. The van der Waals surface area contributed by atoms with Crippen LogP contribution < -0.4 is 4.90 Å². The first-order valence-corrected chi connectivity index (χ1v) is 8.02. The van der Waals surface area contributed by atoms with E-state index in [4.69, 9.17) is 5.11 Å². The standard InChI is InChI=1S/C20H19NO3/c22-19(10-5-11-20(23)24)21-14-17-8-2-1-6-15(17)12-13-16-7-3-4-9-18(16)21/h1-4,6-9,12-13H,5,10-11,14H2,(H,23,24). The van der Waals surface area contributed by atoms with Gasteiger partial charge in [-0.25, -0.2) is 0 Å². The molecule has 1 heterocycles. The third kappa shape index (κ3) is 3.54.